The first kappa shape index (κ1) is 11.9. The van der Waals surface area contributed by atoms with Gasteiger partial charge in [0, 0.05) is 25.0 Å². The standard InChI is InChI=1S/C8H12N2O4S/c1-6(11)4-10-15(13,14)8-5-9-3-2-7(8)12/h2-3,5-6,10-11H,4H2,1H3,(H,9,12)/t6-/m0/s1. The molecule has 1 aromatic heterocycles. The van der Waals surface area contributed by atoms with Crippen molar-refractivity contribution < 1.29 is 13.5 Å². The van der Waals surface area contributed by atoms with E-state index in [0.29, 0.717) is 0 Å². The highest BCUT2D eigenvalue weighted by Gasteiger charge is 2.17. The minimum atomic E-state index is -3.84. The van der Waals surface area contributed by atoms with Gasteiger partial charge in [-0.15, -0.1) is 0 Å². The lowest BCUT2D eigenvalue weighted by Gasteiger charge is -2.07. The number of aliphatic hydroxyl groups excluding tert-OH is 1. The maximum Gasteiger partial charge on any atom is 0.246 e. The predicted octanol–water partition coefficient (Wildman–Crippen LogP) is -0.966. The summed E-state index contributed by atoms with van der Waals surface area (Å²) < 4.78 is 25.1. The Morgan fingerprint density at radius 2 is 2.27 bits per heavy atom. The van der Waals surface area contributed by atoms with Crippen LogP contribution in [0.1, 0.15) is 6.92 Å². The quantitative estimate of drug-likeness (QED) is 0.622. The number of aromatic amines is 1. The smallest absolute Gasteiger partial charge is 0.246 e. The first-order valence-electron chi connectivity index (χ1n) is 4.28. The fourth-order valence-corrected chi connectivity index (χ4v) is 2.09. The van der Waals surface area contributed by atoms with Crippen molar-refractivity contribution in [3.8, 4) is 0 Å². The number of hydrogen-bond donors (Lipinski definition) is 3. The third-order valence-corrected chi connectivity index (χ3v) is 3.09. The maximum atomic E-state index is 11.5. The maximum absolute atomic E-state index is 11.5. The zero-order valence-corrected chi connectivity index (χ0v) is 8.91. The van der Waals surface area contributed by atoms with Crippen molar-refractivity contribution in [1.29, 1.82) is 0 Å². The first-order chi connectivity index (χ1) is 6.93. The third-order valence-electron chi connectivity index (χ3n) is 1.65. The van der Waals surface area contributed by atoms with Crippen molar-refractivity contribution in [3.05, 3.63) is 28.7 Å². The van der Waals surface area contributed by atoms with Crippen LogP contribution in [0, 0.1) is 0 Å². The molecule has 1 rings (SSSR count). The topological polar surface area (TPSA) is 99.3 Å². The van der Waals surface area contributed by atoms with Crippen LogP contribution in [0.25, 0.3) is 0 Å². The minimum absolute atomic E-state index is 0.128. The van der Waals surface area contributed by atoms with Crippen LogP contribution in [0.4, 0.5) is 0 Å². The fourth-order valence-electron chi connectivity index (χ4n) is 0.919. The van der Waals surface area contributed by atoms with Gasteiger partial charge in [0.25, 0.3) is 0 Å². The Bertz CT molecular complexity index is 477. The summed E-state index contributed by atoms with van der Waals surface area (Å²) in [6.45, 7) is 1.31. The molecule has 0 unspecified atom stereocenters. The summed E-state index contributed by atoms with van der Waals surface area (Å²) >= 11 is 0. The number of sulfonamides is 1. The van der Waals surface area contributed by atoms with Crippen molar-refractivity contribution in [1.82, 2.24) is 9.71 Å². The highest BCUT2D eigenvalue weighted by atomic mass is 32.2. The molecule has 1 heterocycles. The second kappa shape index (κ2) is 4.56. The molecule has 1 atom stereocenters. The number of rotatable bonds is 4. The van der Waals surface area contributed by atoms with Gasteiger partial charge < -0.3 is 10.1 Å². The number of pyridine rings is 1. The van der Waals surface area contributed by atoms with Crippen molar-refractivity contribution in [2.45, 2.75) is 17.9 Å². The van der Waals surface area contributed by atoms with Crippen LogP contribution in [0.15, 0.2) is 28.2 Å². The van der Waals surface area contributed by atoms with Crippen LogP contribution in [-0.2, 0) is 10.0 Å². The molecular formula is C8H12N2O4S. The van der Waals surface area contributed by atoms with E-state index in [1.54, 1.807) is 0 Å². The lowest BCUT2D eigenvalue weighted by atomic mass is 10.4. The molecule has 0 bridgehead atoms. The molecule has 0 saturated carbocycles. The van der Waals surface area contributed by atoms with E-state index in [1.807, 2.05) is 0 Å². The van der Waals surface area contributed by atoms with Gasteiger partial charge in [0.2, 0.25) is 15.5 Å². The Morgan fingerprint density at radius 1 is 1.60 bits per heavy atom. The van der Waals surface area contributed by atoms with Crippen molar-refractivity contribution in [3.63, 3.8) is 0 Å². The number of nitrogens with one attached hydrogen (secondary N) is 2. The molecule has 0 aliphatic carbocycles. The molecule has 0 amide bonds. The largest absolute Gasteiger partial charge is 0.392 e. The van der Waals surface area contributed by atoms with E-state index in [9.17, 15) is 13.2 Å². The van der Waals surface area contributed by atoms with Crippen molar-refractivity contribution in [2.24, 2.45) is 0 Å². The van der Waals surface area contributed by atoms with Gasteiger partial charge in [-0.2, -0.15) is 0 Å². The van der Waals surface area contributed by atoms with E-state index in [-0.39, 0.29) is 11.4 Å². The molecule has 6 nitrogen and oxygen atoms in total. The molecule has 3 N–H and O–H groups in total. The number of aromatic nitrogens is 1. The lowest BCUT2D eigenvalue weighted by Crippen LogP contribution is -2.33. The van der Waals surface area contributed by atoms with Gasteiger partial charge in [-0.1, -0.05) is 0 Å². The first-order valence-corrected chi connectivity index (χ1v) is 5.76. The molecule has 1 aromatic rings. The number of H-pyrrole nitrogens is 1. The highest BCUT2D eigenvalue weighted by molar-refractivity contribution is 7.89. The lowest BCUT2D eigenvalue weighted by molar-refractivity contribution is 0.198. The summed E-state index contributed by atoms with van der Waals surface area (Å²) in [7, 11) is -3.84. The second-order valence-corrected chi connectivity index (χ2v) is 4.81. The summed E-state index contributed by atoms with van der Waals surface area (Å²) in [5, 5.41) is 8.92. The van der Waals surface area contributed by atoms with E-state index >= 15 is 0 Å². The molecule has 0 fully saturated rings. The van der Waals surface area contributed by atoms with Crippen LogP contribution in [0.3, 0.4) is 0 Å². The van der Waals surface area contributed by atoms with Gasteiger partial charge in [-0.05, 0) is 6.92 Å². The molecule has 7 heteroatoms. The summed E-state index contributed by atoms with van der Waals surface area (Å²) in [6.07, 6.45) is 1.64. The van der Waals surface area contributed by atoms with Crippen LogP contribution in [0.2, 0.25) is 0 Å². The Kier molecular flexibility index (Phi) is 3.61. The zero-order valence-electron chi connectivity index (χ0n) is 8.10. The van der Waals surface area contributed by atoms with Gasteiger partial charge in [0.1, 0.15) is 4.90 Å². The normalized spacial score (nSPS) is 13.7. The van der Waals surface area contributed by atoms with Crippen molar-refractivity contribution >= 4 is 10.0 Å². The molecular weight excluding hydrogens is 220 g/mol. The van der Waals surface area contributed by atoms with Gasteiger partial charge in [-0.3, -0.25) is 4.79 Å². The van der Waals surface area contributed by atoms with E-state index in [2.05, 4.69) is 9.71 Å². The minimum Gasteiger partial charge on any atom is -0.392 e. The molecule has 0 aromatic carbocycles. The van der Waals surface area contributed by atoms with Gasteiger partial charge in [-0.25, -0.2) is 13.1 Å². The van der Waals surface area contributed by atoms with E-state index < -0.39 is 21.6 Å². The Balaban J connectivity index is 2.97. The summed E-state index contributed by atoms with van der Waals surface area (Å²) in [4.78, 5) is 13.4. The number of hydrogen-bond acceptors (Lipinski definition) is 4. The molecule has 15 heavy (non-hydrogen) atoms. The predicted molar refractivity (Wildman–Crippen MR) is 53.9 cm³/mol. The molecule has 0 aliphatic rings. The third kappa shape index (κ3) is 3.15. The summed E-state index contributed by atoms with van der Waals surface area (Å²) in [5.41, 5.74) is -0.591. The van der Waals surface area contributed by atoms with Crippen LogP contribution < -0.4 is 10.2 Å². The van der Waals surface area contributed by atoms with Gasteiger partial charge in [0.05, 0.1) is 6.10 Å². The molecule has 0 spiro atoms. The van der Waals surface area contributed by atoms with Gasteiger partial charge in [0.15, 0.2) is 0 Å². The second-order valence-electron chi connectivity index (χ2n) is 3.07. The molecule has 0 radical (unpaired) electrons. The SMILES string of the molecule is C[C@H](O)CNS(=O)(=O)c1c[nH]ccc1=O. The molecule has 0 aliphatic heterocycles. The van der Waals surface area contributed by atoms with E-state index in [4.69, 9.17) is 5.11 Å². The van der Waals surface area contributed by atoms with Crippen LogP contribution in [-0.4, -0.2) is 31.2 Å². The highest BCUT2D eigenvalue weighted by Crippen LogP contribution is 1.99. The van der Waals surface area contributed by atoms with Crippen LogP contribution >= 0.6 is 0 Å². The van der Waals surface area contributed by atoms with Gasteiger partial charge >= 0.3 is 0 Å². The van der Waals surface area contributed by atoms with E-state index in [0.717, 1.165) is 12.3 Å². The average Bonchev–Trinajstić information content (AvgIpc) is 2.15. The fraction of sp³-hybridized carbons (Fsp3) is 0.375. The Hall–Kier alpha value is -1.18. The van der Waals surface area contributed by atoms with Crippen molar-refractivity contribution in [2.75, 3.05) is 6.54 Å². The number of aliphatic hydroxyl groups is 1. The summed E-state index contributed by atoms with van der Waals surface area (Å²) in [5.74, 6) is 0. The molecule has 0 saturated heterocycles. The summed E-state index contributed by atoms with van der Waals surface area (Å²) in [6, 6.07) is 1.12. The molecule has 84 valence electrons. The monoisotopic (exact) mass is 232 g/mol. The van der Waals surface area contributed by atoms with E-state index in [1.165, 1.54) is 13.1 Å². The zero-order chi connectivity index (χ0) is 11.5. The average molecular weight is 232 g/mol. The Labute approximate surface area is 87.0 Å². The Morgan fingerprint density at radius 3 is 2.80 bits per heavy atom. The van der Waals surface area contributed by atoms with Crippen LogP contribution in [0.5, 0.6) is 0 Å².